The number of rotatable bonds is 6. The Hall–Kier alpha value is -1.86. The van der Waals surface area contributed by atoms with Crippen LogP contribution in [-0.4, -0.2) is 36.5 Å². The van der Waals surface area contributed by atoms with Gasteiger partial charge in [-0.25, -0.2) is 0 Å². The van der Waals surface area contributed by atoms with Crippen molar-refractivity contribution in [1.82, 2.24) is 10.6 Å². The average molecular weight is 355 g/mol. The Morgan fingerprint density at radius 1 is 1.33 bits per heavy atom. The highest BCUT2D eigenvalue weighted by atomic mass is 35.5. The van der Waals surface area contributed by atoms with Gasteiger partial charge in [-0.2, -0.15) is 0 Å². The molecule has 132 valence electrons. The first-order chi connectivity index (χ1) is 11.1. The molecular weight excluding hydrogens is 332 g/mol. The molecule has 0 radical (unpaired) electrons. The molecule has 1 saturated carbocycles. The van der Waals surface area contributed by atoms with Crippen LogP contribution in [0.4, 0.5) is 11.4 Å². The zero-order chi connectivity index (χ0) is 16.2. The van der Waals surface area contributed by atoms with Gasteiger partial charge in [-0.1, -0.05) is 0 Å². The van der Waals surface area contributed by atoms with Crippen LogP contribution in [0.2, 0.25) is 0 Å². The van der Waals surface area contributed by atoms with Gasteiger partial charge in [0.1, 0.15) is 5.69 Å². The zero-order valence-corrected chi connectivity index (χ0v) is 14.2. The summed E-state index contributed by atoms with van der Waals surface area (Å²) in [5.74, 6) is 0.176. The minimum atomic E-state index is -0.438. The number of nitrogens with zero attached hydrogens (tertiary/aromatic N) is 1. The van der Waals surface area contributed by atoms with Crippen LogP contribution in [0, 0.1) is 16.0 Å². The Morgan fingerprint density at radius 2 is 2.12 bits per heavy atom. The molecule has 7 nitrogen and oxygen atoms in total. The topological polar surface area (TPSA) is 96.3 Å². The third-order valence-corrected chi connectivity index (χ3v) is 4.34. The first-order valence-corrected chi connectivity index (χ1v) is 8.17. The normalized spacial score (nSPS) is 19.9. The maximum Gasteiger partial charge on any atom is 0.293 e. The van der Waals surface area contributed by atoms with Gasteiger partial charge in [-0.3, -0.25) is 14.9 Å². The van der Waals surface area contributed by atoms with Gasteiger partial charge in [0.15, 0.2) is 0 Å². The van der Waals surface area contributed by atoms with E-state index in [1.807, 2.05) is 0 Å². The maximum absolute atomic E-state index is 12.2. The smallest absolute Gasteiger partial charge is 0.293 e. The van der Waals surface area contributed by atoms with E-state index in [0.717, 1.165) is 38.8 Å². The molecule has 1 atom stereocenters. The van der Waals surface area contributed by atoms with E-state index in [9.17, 15) is 14.9 Å². The van der Waals surface area contributed by atoms with E-state index < -0.39 is 4.92 Å². The van der Waals surface area contributed by atoms with E-state index in [0.29, 0.717) is 29.8 Å². The van der Waals surface area contributed by atoms with Gasteiger partial charge < -0.3 is 16.0 Å². The van der Waals surface area contributed by atoms with E-state index >= 15 is 0 Å². The van der Waals surface area contributed by atoms with Gasteiger partial charge in [0.25, 0.3) is 11.6 Å². The van der Waals surface area contributed by atoms with Crippen LogP contribution in [0.25, 0.3) is 0 Å². The lowest BCUT2D eigenvalue weighted by molar-refractivity contribution is -0.384. The summed E-state index contributed by atoms with van der Waals surface area (Å²) in [5, 5.41) is 20.6. The van der Waals surface area contributed by atoms with Crippen LogP contribution in [0.1, 0.15) is 36.0 Å². The second-order valence-electron chi connectivity index (χ2n) is 6.33. The highest BCUT2D eigenvalue weighted by Gasteiger charge is 2.25. The zero-order valence-electron chi connectivity index (χ0n) is 13.4. The molecule has 2 aliphatic rings. The molecule has 1 amide bonds. The summed E-state index contributed by atoms with van der Waals surface area (Å²) in [7, 11) is 0. The summed E-state index contributed by atoms with van der Waals surface area (Å²) in [6.45, 7) is 2.54. The van der Waals surface area contributed by atoms with Gasteiger partial charge in [0.05, 0.1) is 4.92 Å². The first kappa shape index (κ1) is 18.5. The van der Waals surface area contributed by atoms with Crippen molar-refractivity contribution >= 4 is 29.7 Å². The molecule has 8 heteroatoms. The molecule has 0 spiro atoms. The number of nitrogens with one attached hydrogen (secondary N) is 3. The molecule has 1 heterocycles. The number of amides is 1. The number of anilines is 1. The van der Waals surface area contributed by atoms with Crippen molar-refractivity contribution in [3.05, 3.63) is 33.9 Å². The number of nitro benzene ring substituents is 1. The monoisotopic (exact) mass is 354 g/mol. The van der Waals surface area contributed by atoms with Crippen LogP contribution in [0.15, 0.2) is 18.2 Å². The average Bonchev–Trinajstić information content (AvgIpc) is 3.37. The Morgan fingerprint density at radius 3 is 2.75 bits per heavy atom. The fourth-order valence-electron chi connectivity index (χ4n) is 2.83. The largest absolute Gasteiger partial charge is 0.377 e. The molecule has 2 fully saturated rings. The number of halogens is 1. The summed E-state index contributed by atoms with van der Waals surface area (Å²) in [6.07, 6.45) is 4.29. The third kappa shape index (κ3) is 4.82. The van der Waals surface area contributed by atoms with E-state index in [1.54, 1.807) is 12.1 Å². The second-order valence-corrected chi connectivity index (χ2v) is 6.33. The van der Waals surface area contributed by atoms with Crippen molar-refractivity contribution < 1.29 is 9.72 Å². The van der Waals surface area contributed by atoms with Crippen molar-refractivity contribution in [2.45, 2.75) is 31.7 Å². The highest BCUT2D eigenvalue weighted by Crippen LogP contribution is 2.31. The molecule has 1 aliphatic heterocycles. The predicted octanol–water partition coefficient (Wildman–Crippen LogP) is 2.32. The highest BCUT2D eigenvalue weighted by molar-refractivity contribution is 5.95. The molecule has 1 unspecified atom stereocenters. The van der Waals surface area contributed by atoms with Crippen molar-refractivity contribution in [3.63, 3.8) is 0 Å². The number of carbonyl (C=O) groups excluding carboxylic acids is 1. The quantitative estimate of drug-likeness (QED) is 0.538. The number of piperidine rings is 1. The number of nitro groups is 1. The third-order valence-electron chi connectivity index (χ3n) is 4.34. The van der Waals surface area contributed by atoms with E-state index in [1.165, 1.54) is 6.07 Å². The lowest BCUT2D eigenvalue weighted by Gasteiger charge is -2.22. The Balaban J connectivity index is 0.00000208. The van der Waals surface area contributed by atoms with Gasteiger partial charge in [-0.15, -0.1) is 12.4 Å². The minimum Gasteiger partial charge on any atom is -0.377 e. The first-order valence-electron chi connectivity index (χ1n) is 8.17. The second kappa shape index (κ2) is 8.30. The molecule has 24 heavy (non-hydrogen) atoms. The lowest BCUT2D eigenvalue weighted by atomic mass is 9.99. The molecule has 1 aliphatic carbocycles. The summed E-state index contributed by atoms with van der Waals surface area (Å²) in [6, 6.07) is 4.96. The van der Waals surface area contributed by atoms with Gasteiger partial charge >= 0.3 is 0 Å². The van der Waals surface area contributed by atoms with Gasteiger partial charge in [0, 0.05) is 24.2 Å². The standard InChI is InChI=1S/C16H22N4O3.ClH/c21-16(18-10-11-2-1-7-17-9-11)12-3-6-14(19-13-4-5-13)15(8-12)20(22)23;/h3,6,8,11,13,17,19H,1-2,4-5,7,9-10H2,(H,18,21);1H. The van der Waals surface area contributed by atoms with Gasteiger partial charge in [-0.05, 0) is 56.8 Å². The fraction of sp³-hybridized carbons (Fsp3) is 0.562. The molecule has 3 N–H and O–H groups in total. The van der Waals surface area contributed by atoms with Gasteiger partial charge in [0.2, 0.25) is 0 Å². The van der Waals surface area contributed by atoms with Crippen molar-refractivity contribution in [2.24, 2.45) is 5.92 Å². The number of carbonyl (C=O) groups is 1. The molecule has 0 bridgehead atoms. The van der Waals surface area contributed by atoms with E-state index in [2.05, 4.69) is 16.0 Å². The Bertz CT molecular complexity index is 601. The van der Waals surface area contributed by atoms with Crippen molar-refractivity contribution in [2.75, 3.05) is 25.0 Å². The van der Waals surface area contributed by atoms with Crippen LogP contribution >= 0.6 is 12.4 Å². The molecule has 1 aromatic rings. The predicted molar refractivity (Wildman–Crippen MR) is 94.9 cm³/mol. The Labute approximate surface area is 147 Å². The van der Waals surface area contributed by atoms with Crippen molar-refractivity contribution in [3.8, 4) is 0 Å². The Kier molecular flexibility index (Phi) is 6.39. The number of hydrogen-bond donors (Lipinski definition) is 3. The number of benzene rings is 1. The molecule has 0 aromatic heterocycles. The van der Waals surface area contributed by atoms with Crippen LogP contribution < -0.4 is 16.0 Å². The molecule has 1 saturated heterocycles. The molecular formula is C16H23ClN4O3. The summed E-state index contributed by atoms with van der Waals surface area (Å²) >= 11 is 0. The fourth-order valence-corrected chi connectivity index (χ4v) is 2.83. The summed E-state index contributed by atoms with van der Waals surface area (Å²) in [5.41, 5.74) is 0.788. The van der Waals surface area contributed by atoms with Crippen molar-refractivity contribution in [1.29, 1.82) is 0 Å². The SMILES string of the molecule is Cl.O=C(NCC1CCCNC1)c1ccc(NC2CC2)c([N+](=O)[O-])c1. The van der Waals surface area contributed by atoms with E-state index in [4.69, 9.17) is 0 Å². The molecule has 3 rings (SSSR count). The van der Waals surface area contributed by atoms with Crippen LogP contribution in [0.3, 0.4) is 0 Å². The lowest BCUT2D eigenvalue weighted by Crippen LogP contribution is -2.38. The molecule has 1 aromatic carbocycles. The summed E-state index contributed by atoms with van der Waals surface area (Å²) in [4.78, 5) is 23.0. The minimum absolute atomic E-state index is 0. The maximum atomic E-state index is 12.2. The summed E-state index contributed by atoms with van der Waals surface area (Å²) < 4.78 is 0. The number of hydrogen-bond acceptors (Lipinski definition) is 5. The van der Waals surface area contributed by atoms with Crippen LogP contribution in [0.5, 0.6) is 0 Å². The van der Waals surface area contributed by atoms with Crippen LogP contribution in [-0.2, 0) is 0 Å². The van der Waals surface area contributed by atoms with E-state index in [-0.39, 0.29) is 24.0 Å².